The number of rotatable bonds is 9. The molecule has 2 aromatic carbocycles. The molecule has 3 rings (SSSR count). The highest BCUT2D eigenvalue weighted by molar-refractivity contribution is 6.31. The summed E-state index contributed by atoms with van der Waals surface area (Å²) in [7, 11) is 0. The van der Waals surface area contributed by atoms with Gasteiger partial charge in [-0.3, -0.25) is 19.6 Å². The topological polar surface area (TPSA) is 99.3 Å². The van der Waals surface area contributed by atoms with Crippen molar-refractivity contribution < 1.29 is 14.5 Å². The minimum Gasteiger partial charge on any atom is -0.482 e. The SMILES string of the molecule is Cc1ccc(OCc2cccc(C(=O)NCCCn3nc(C)c(Cl)c3C)c2)c([N+](=O)[O-])c1. The van der Waals surface area contributed by atoms with Gasteiger partial charge in [0.2, 0.25) is 0 Å². The summed E-state index contributed by atoms with van der Waals surface area (Å²) in [4.78, 5) is 23.3. The maximum Gasteiger partial charge on any atom is 0.311 e. The summed E-state index contributed by atoms with van der Waals surface area (Å²) in [6.07, 6.45) is 0.712. The summed E-state index contributed by atoms with van der Waals surface area (Å²) in [5.74, 6) is -0.000670. The second-order valence-corrected chi connectivity index (χ2v) is 7.91. The lowest BCUT2D eigenvalue weighted by Gasteiger charge is -2.10. The van der Waals surface area contributed by atoms with Gasteiger partial charge in [-0.15, -0.1) is 0 Å². The van der Waals surface area contributed by atoms with E-state index in [1.807, 2.05) is 24.6 Å². The molecule has 1 N–H and O–H groups in total. The molecule has 1 amide bonds. The van der Waals surface area contributed by atoms with Crippen molar-refractivity contribution in [3.8, 4) is 5.75 Å². The van der Waals surface area contributed by atoms with Crippen LogP contribution in [0.5, 0.6) is 5.75 Å². The summed E-state index contributed by atoms with van der Waals surface area (Å²) in [5.41, 5.74) is 3.65. The third-order valence-electron chi connectivity index (χ3n) is 5.02. The van der Waals surface area contributed by atoms with E-state index in [0.29, 0.717) is 30.1 Å². The molecule has 0 unspecified atom stereocenters. The van der Waals surface area contributed by atoms with E-state index in [2.05, 4.69) is 10.4 Å². The first kappa shape index (κ1) is 23.3. The van der Waals surface area contributed by atoms with Crippen LogP contribution < -0.4 is 10.1 Å². The Morgan fingerprint density at radius 3 is 2.69 bits per heavy atom. The lowest BCUT2D eigenvalue weighted by Crippen LogP contribution is -2.25. The molecule has 0 spiro atoms. The molecule has 8 nitrogen and oxygen atoms in total. The first-order valence-electron chi connectivity index (χ1n) is 10.2. The Balaban J connectivity index is 1.54. The number of halogens is 1. The molecule has 0 fully saturated rings. The van der Waals surface area contributed by atoms with Crippen molar-refractivity contribution in [1.29, 1.82) is 0 Å². The number of aromatic nitrogens is 2. The Labute approximate surface area is 191 Å². The second-order valence-electron chi connectivity index (χ2n) is 7.53. The Morgan fingerprint density at radius 2 is 2.00 bits per heavy atom. The summed E-state index contributed by atoms with van der Waals surface area (Å²) in [5, 5.41) is 19.2. The quantitative estimate of drug-likeness (QED) is 0.284. The zero-order chi connectivity index (χ0) is 23.3. The average Bonchev–Trinajstić information content (AvgIpc) is 3.02. The molecule has 32 heavy (non-hydrogen) atoms. The zero-order valence-corrected chi connectivity index (χ0v) is 19.0. The van der Waals surface area contributed by atoms with Gasteiger partial charge >= 0.3 is 5.69 Å². The van der Waals surface area contributed by atoms with Gasteiger partial charge in [0, 0.05) is 24.7 Å². The normalized spacial score (nSPS) is 10.8. The number of nitro benzene ring substituents is 1. The van der Waals surface area contributed by atoms with Gasteiger partial charge in [-0.2, -0.15) is 5.10 Å². The van der Waals surface area contributed by atoms with Crippen LogP contribution in [0.1, 0.15) is 39.3 Å². The van der Waals surface area contributed by atoms with Crippen LogP contribution in [0.2, 0.25) is 5.02 Å². The number of nitro groups is 1. The second kappa shape index (κ2) is 10.3. The molecule has 0 atom stereocenters. The van der Waals surface area contributed by atoms with Gasteiger partial charge in [0.15, 0.2) is 5.75 Å². The van der Waals surface area contributed by atoms with Crippen molar-refractivity contribution in [3.63, 3.8) is 0 Å². The van der Waals surface area contributed by atoms with Crippen LogP contribution in [-0.2, 0) is 13.2 Å². The third kappa shape index (κ3) is 5.64. The number of amides is 1. The zero-order valence-electron chi connectivity index (χ0n) is 18.2. The molecule has 9 heteroatoms. The molecule has 0 saturated heterocycles. The predicted molar refractivity (Wildman–Crippen MR) is 122 cm³/mol. The van der Waals surface area contributed by atoms with E-state index >= 15 is 0 Å². The maximum atomic E-state index is 12.5. The van der Waals surface area contributed by atoms with E-state index < -0.39 is 4.92 Å². The fraction of sp³-hybridized carbons (Fsp3) is 0.304. The van der Waals surface area contributed by atoms with Gasteiger partial charge in [-0.1, -0.05) is 29.8 Å². The summed E-state index contributed by atoms with van der Waals surface area (Å²) in [6.45, 7) is 6.82. The first-order chi connectivity index (χ1) is 15.3. The number of nitrogens with one attached hydrogen (secondary N) is 1. The lowest BCUT2D eigenvalue weighted by molar-refractivity contribution is -0.386. The van der Waals surface area contributed by atoms with Crippen molar-refractivity contribution in [2.24, 2.45) is 0 Å². The monoisotopic (exact) mass is 456 g/mol. The van der Waals surface area contributed by atoms with Gasteiger partial charge in [0.1, 0.15) is 6.61 Å². The molecule has 0 radical (unpaired) electrons. The lowest BCUT2D eigenvalue weighted by atomic mass is 10.1. The predicted octanol–water partition coefficient (Wildman–Crippen LogP) is 4.77. The molecule has 0 saturated carbocycles. The van der Waals surface area contributed by atoms with Crippen molar-refractivity contribution in [3.05, 3.63) is 85.7 Å². The number of hydrogen-bond acceptors (Lipinski definition) is 5. The van der Waals surface area contributed by atoms with Crippen molar-refractivity contribution >= 4 is 23.2 Å². The van der Waals surface area contributed by atoms with Crippen LogP contribution >= 0.6 is 11.6 Å². The highest BCUT2D eigenvalue weighted by atomic mass is 35.5. The molecular formula is C23H25ClN4O4. The van der Waals surface area contributed by atoms with Gasteiger partial charge in [-0.05, 0) is 56.5 Å². The number of carbonyl (C=O) groups excluding carboxylic acids is 1. The minimum atomic E-state index is -0.466. The van der Waals surface area contributed by atoms with Gasteiger partial charge in [0.25, 0.3) is 5.91 Å². The molecule has 0 aliphatic rings. The molecule has 168 valence electrons. The van der Waals surface area contributed by atoms with Crippen molar-refractivity contribution in [2.75, 3.05) is 6.54 Å². The number of ether oxygens (including phenoxy) is 1. The number of carbonyl (C=O) groups is 1. The van der Waals surface area contributed by atoms with Gasteiger partial charge < -0.3 is 10.1 Å². The van der Waals surface area contributed by atoms with E-state index in [1.54, 1.807) is 37.3 Å². The molecule has 0 bridgehead atoms. The van der Waals surface area contributed by atoms with E-state index in [0.717, 1.165) is 22.5 Å². The molecule has 3 aromatic rings. The van der Waals surface area contributed by atoms with E-state index in [4.69, 9.17) is 16.3 Å². The Kier molecular flexibility index (Phi) is 7.48. The van der Waals surface area contributed by atoms with Crippen molar-refractivity contribution in [2.45, 2.75) is 40.3 Å². The van der Waals surface area contributed by atoms with E-state index in [-0.39, 0.29) is 24.0 Å². The van der Waals surface area contributed by atoms with Crippen LogP contribution in [0.25, 0.3) is 0 Å². The summed E-state index contributed by atoms with van der Waals surface area (Å²) >= 11 is 6.16. The fourth-order valence-corrected chi connectivity index (χ4v) is 3.42. The highest BCUT2D eigenvalue weighted by Crippen LogP contribution is 2.28. The fourth-order valence-electron chi connectivity index (χ4n) is 3.28. The van der Waals surface area contributed by atoms with Gasteiger partial charge in [-0.25, -0.2) is 0 Å². The minimum absolute atomic E-state index is 0.0807. The van der Waals surface area contributed by atoms with E-state index in [9.17, 15) is 14.9 Å². The molecule has 0 aliphatic carbocycles. The molecule has 0 aliphatic heterocycles. The molecule has 1 heterocycles. The number of benzene rings is 2. The molecule has 1 aromatic heterocycles. The Hall–Kier alpha value is -3.39. The summed E-state index contributed by atoms with van der Waals surface area (Å²) < 4.78 is 7.49. The van der Waals surface area contributed by atoms with Crippen molar-refractivity contribution in [1.82, 2.24) is 15.1 Å². The highest BCUT2D eigenvalue weighted by Gasteiger charge is 2.15. The van der Waals surface area contributed by atoms with Gasteiger partial charge in [0.05, 0.1) is 21.3 Å². The number of hydrogen-bond donors (Lipinski definition) is 1. The van der Waals surface area contributed by atoms with Crippen LogP contribution in [-0.4, -0.2) is 27.2 Å². The Bertz CT molecular complexity index is 1140. The number of aryl methyl sites for hydroxylation is 3. The third-order valence-corrected chi connectivity index (χ3v) is 5.57. The largest absolute Gasteiger partial charge is 0.482 e. The van der Waals surface area contributed by atoms with Crippen LogP contribution in [0.15, 0.2) is 42.5 Å². The number of nitrogens with zero attached hydrogens (tertiary/aromatic N) is 3. The van der Waals surface area contributed by atoms with Crippen LogP contribution in [0.4, 0.5) is 5.69 Å². The van der Waals surface area contributed by atoms with E-state index in [1.165, 1.54) is 6.07 Å². The van der Waals surface area contributed by atoms with Crippen LogP contribution in [0, 0.1) is 30.9 Å². The standard InChI is InChI=1S/C23H25ClN4O4/c1-15-8-9-21(20(12-15)28(30)31)32-14-18-6-4-7-19(13-18)23(29)25-10-5-11-27-17(3)22(24)16(2)26-27/h4,6-9,12-13H,5,10-11,14H2,1-3H3,(H,25,29). The Morgan fingerprint density at radius 1 is 1.22 bits per heavy atom. The first-order valence-corrected chi connectivity index (χ1v) is 10.6. The summed E-state index contributed by atoms with van der Waals surface area (Å²) in [6, 6.07) is 11.8. The molecular weight excluding hydrogens is 432 g/mol. The smallest absolute Gasteiger partial charge is 0.311 e. The maximum absolute atomic E-state index is 12.5. The average molecular weight is 457 g/mol. The van der Waals surface area contributed by atoms with Crippen LogP contribution in [0.3, 0.4) is 0 Å².